The van der Waals surface area contributed by atoms with Crippen LogP contribution in [0.4, 0.5) is 5.13 Å². The fourth-order valence-electron chi connectivity index (χ4n) is 2.90. The van der Waals surface area contributed by atoms with Gasteiger partial charge in [-0.3, -0.25) is 9.59 Å². The molecule has 2 heterocycles. The molecule has 0 fully saturated rings. The van der Waals surface area contributed by atoms with Crippen LogP contribution in [0.15, 0.2) is 23.7 Å². The van der Waals surface area contributed by atoms with Crippen molar-refractivity contribution in [2.24, 2.45) is 7.05 Å². The highest BCUT2D eigenvalue weighted by Gasteiger charge is 2.22. The maximum atomic E-state index is 12.6. The van der Waals surface area contributed by atoms with E-state index in [1.54, 1.807) is 35.3 Å². The Morgan fingerprint density at radius 2 is 1.89 bits per heavy atom. The Morgan fingerprint density at radius 3 is 2.50 bits per heavy atom. The summed E-state index contributed by atoms with van der Waals surface area (Å²) in [7, 11) is 6.30. The van der Waals surface area contributed by atoms with Crippen LogP contribution < -0.4 is 24.8 Å². The molecule has 0 unspecified atom stereocenters. The number of carbonyl (C=O) groups excluding carboxylic acids is 2. The number of methoxy groups -OCH3 is 3. The van der Waals surface area contributed by atoms with Gasteiger partial charge in [-0.2, -0.15) is 0 Å². The van der Waals surface area contributed by atoms with E-state index in [1.807, 2.05) is 0 Å². The van der Waals surface area contributed by atoms with Gasteiger partial charge in [0.2, 0.25) is 11.7 Å². The quantitative estimate of drug-likeness (QED) is 0.625. The molecule has 2 aromatic heterocycles. The topological polar surface area (TPSA) is 104 Å². The summed E-state index contributed by atoms with van der Waals surface area (Å²) in [6.07, 6.45) is 1.59. The van der Waals surface area contributed by atoms with Crippen LogP contribution in [0.25, 0.3) is 10.9 Å². The standard InChI is InChI=1S/C18H20N4O5S/c1-22-11(17(24)20-9-13(23)21-18-19-5-6-28-18)7-10-8-12(25-2)15(26-3)16(27-4)14(10)22/h5-8H,9H2,1-4H3,(H,20,24)(H,19,21,23). The molecule has 1 aromatic carbocycles. The van der Waals surface area contributed by atoms with Crippen molar-refractivity contribution in [3.8, 4) is 17.2 Å². The predicted molar refractivity (Wildman–Crippen MR) is 106 cm³/mol. The summed E-state index contributed by atoms with van der Waals surface area (Å²) >= 11 is 1.30. The molecule has 0 saturated carbocycles. The Hall–Kier alpha value is -3.27. The lowest BCUT2D eigenvalue weighted by Gasteiger charge is -2.14. The monoisotopic (exact) mass is 404 g/mol. The van der Waals surface area contributed by atoms with Gasteiger partial charge in [0.1, 0.15) is 5.69 Å². The third kappa shape index (κ3) is 3.58. The van der Waals surface area contributed by atoms with E-state index in [4.69, 9.17) is 14.2 Å². The lowest BCUT2D eigenvalue weighted by molar-refractivity contribution is -0.115. The third-order valence-corrected chi connectivity index (χ3v) is 4.83. The highest BCUT2D eigenvalue weighted by Crippen LogP contribution is 2.44. The first-order valence-electron chi connectivity index (χ1n) is 8.26. The molecule has 3 aromatic rings. The summed E-state index contributed by atoms with van der Waals surface area (Å²) in [5, 5.41) is 8.20. The summed E-state index contributed by atoms with van der Waals surface area (Å²) in [6.45, 7) is -0.177. The third-order valence-electron chi connectivity index (χ3n) is 4.14. The minimum absolute atomic E-state index is 0.177. The van der Waals surface area contributed by atoms with Crippen LogP contribution in [-0.4, -0.2) is 49.2 Å². The minimum atomic E-state index is -0.395. The van der Waals surface area contributed by atoms with E-state index in [1.165, 1.54) is 32.7 Å². The molecule has 148 valence electrons. The molecule has 2 amide bonds. The number of amides is 2. The van der Waals surface area contributed by atoms with E-state index >= 15 is 0 Å². The summed E-state index contributed by atoms with van der Waals surface area (Å²) in [5.41, 5.74) is 1.04. The van der Waals surface area contributed by atoms with Crippen molar-refractivity contribution in [2.75, 3.05) is 33.2 Å². The average Bonchev–Trinajstić information content (AvgIpc) is 3.32. The van der Waals surface area contributed by atoms with Gasteiger partial charge in [-0.05, 0) is 12.1 Å². The Balaban J connectivity index is 1.85. The van der Waals surface area contributed by atoms with Gasteiger partial charge in [0, 0.05) is 24.0 Å². The van der Waals surface area contributed by atoms with Crippen molar-refractivity contribution in [3.63, 3.8) is 0 Å². The second kappa shape index (κ2) is 8.17. The van der Waals surface area contributed by atoms with E-state index in [2.05, 4.69) is 15.6 Å². The Kier molecular flexibility index (Phi) is 5.69. The maximum absolute atomic E-state index is 12.6. The SMILES string of the molecule is COc1cc2cc(C(=O)NCC(=O)Nc3nccs3)n(C)c2c(OC)c1OC. The summed E-state index contributed by atoms with van der Waals surface area (Å²) < 4.78 is 17.9. The van der Waals surface area contributed by atoms with E-state index in [0.717, 1.165) is 5.39 Å². The fourth-order valence-corrected chi connectivity index (χ4v) is 3.44. The number of carbonyl (C=O) groups is 2. The molecular weight excluding hydrogens is 384 g/mol. The van der Waals surface area contributed by atoms with Crippen molar-refractivity contribution in [3.05, 3.63) is 29.4 Å². The van der Waals surface area contributed by atoms with Crippen LogP contribution in [-0.2, 0) is 11.8 Å². The lowest BCUT2D eigenvalue weighted by atomic mass is 10.2. The number of nitrogens with zero attached hydrogens (tertiary/aromatic N) is 2. The smallest absolute Gasteiger partial charge is 0.268 e. The number of thiazole rings is 1. The van der Waals surface area contributed by atoms with Gasteiger partial charge < -0.3 is 29.4 Å². The lowest BCUT2D eigenvalue weighted by Crippen LogP contribution is -2.33. The first-order chi connectivity index (χ1) is 13.5. The van der Waals surface area contributed by atoms with Crippen LogP contribution in [0.5, 0.6) is 17.2 Å². The number of anilines is 1. The number of aryl methyl sites for hydroxylation is 1. The van der Waals surface area contributed by atoms with Gasteiger partial charge in [0.15, 0.2) is 16.6 Å². The number of aromatic nitrogens is 2. The molecule has 0 saturated heterocycles. The molecule has 0 radical (unpaired) electrons. The van der Waals surface area contributed by atoms with Crippen molar-refractivity contribution >= 4 is 39.2 Å². The highest BCUT2D eigenvalue weighted by molar-refractivity contribution is 7.13. The van der Waals surface area contributed by atoms with Gasteiger partial charge in [0.25, 0.3) is 5.91 Å². The number of nitrogens with one attached hydrogen (secondary N) is 2. The van der Waals surface area contributed by atoms with Gasteiger partial charge in [-0.15, -0.1) is 11.3 Å². The summed E-state index contributed by atoms with van der Waals surface area (Å²) in [5.74, 6) is 0.636. The van der Waals surface area contributed by atoms with E-state index in [-0.39, 0.29) is 12.5 Å². The molecule has 0 aliphatic rings. The van der Waals surface area contributed by atoms with Crippen LogP contribution in [0, 0.1) is 0 Å². The normalized spacial score (nSPS) is 10.6. The zero-order chi connectivity index (χ0) is 20.3. The van der Waals surface area contributed by atoms with E-state index < -0.39 is 5.91 Å². The van der Waals surface area contributed by atoms with Gasteiger partial charge in [-0.1, -0.05) is 0 Å². The van der Waals surface area contributed by atoms with E-state index in [9.17, 15) is 9.59 Å². The molecule has 3 rings (SSSR count). The first-order valence-corrected chi connectivity index (χ1v) is 9.14. The molecule has 0 aliphatic heterocycles. The number of hydrogen-bond acceptors (Lipinski definition) is 7. The van der Waals surface area contributed by atoms with Gasteiger partial charge in [0.05, 0.1) is 33.4 Å². The largest absolute Gasteiger partial charge is 0.493 e. The van der Waals surface area contributed by atoms with Crippen LogP contribution in [0.3, 0.4) is 0 Å². The van der Waals surface area contributed by atoms with Crippen molar-refractivity contribution in [2.45, 2.75) is 0 Å². The summed E-state index contributed by atoms with van der Waals surface area (Å²) in [6, 6.07) is 3.47. The van der Waals surface area contributed by atoms with Crippen molar-refractivity contribution < 1.29 is 23.8 Å². The molecule has 0 spiro atoms. The zero-order valence-electron chi connectivity index (χ0n) is 15.9. The Morgan fingerprint density at radius 1 is 1.14 bits per heavy atom. The van der Waals surface area contributed by atoms with Crippen LogP contribution in [0.2, 0.25) is 0 Å². The van der Waals surface area contributed by atoms with Gasteiger partial charge in [-0.25, -0.2) is 4.98 Å². The zero-order valence-corrected chi connectivity index (χ0v) is 16.7. The Bertz CT molecular complexity index is 1010. The average molecular weight is 404 g/mol. The second-order valence-corrected chi connectivity index (χ2v) is 6.63. The fraction of sp³-hybridized carbons (Fsp3) is 0.278. The predicted octanol–water partition coefficient (Wildman–Crippen LogP) is 2.03. The minimum Gasteiger partial charge on any atom is -0.493 e. The molecule has 9 nitrogen and oxygen atoms in total. The number of hydrogen-bond donors (Lipinski definition) is 2. The molecule has 0 aliphatic carbocycles. The number of benzene rings is 1. The summed E-state index contributed by atoms with van der Waals surface area (Å²) in [4.78, 5) is 28.5. The van der Waals surface area contributed by atoms with Crippen molar-refractivity contribution in [1.82, 2.24) is 14.9 Å². The molecule has 10 heteroatoms. The number of fused-ring (bicyclic) bond motifs is 1. The maximum Gasteiger partial charge on any atom is 0.268 e. The first kappa shape index (κ1) is 19.5. The van der Waals surface area contributed by atoms with Crippen molar-refractivity contribution in [1.29, 1.82) is 0 Å². The van der Waals surface area contributed by atoms with E-state index in [0.29, 0.717) is 33.6 Å². The molecule has 28 heavy (non-hydrogen) atoms. The molecule has 0 atom stereocenters. The number of ether oxygens (including phenoxy) is 3. The van der Waals surface area contributed by atoms with Gasteiger partial charge >= 0.3 is 0 Å². The Labute approximate surface area is 165 Å². The highest BCUT2D eigenvalue weighted by atomic mass is 32.1. The van der Waals surface area contributed by atoms with Crippen LogP contribution >= 0.6 is 11.3 Å². The van der Waals surface area contributed by atoms with Crippen LogP contribution in [0.1, 0.15) is 10.5 Å². The number of rotatable bonds is 7. The molecule has 0 bridgehead atoms. The molecule has 2 N–H and O–H groups in total. The molecular formula is C18H20N4O5S. The second-order valence-electron chi connectivity index (χ2n) is 5.74.